The van der Waals surface area contributed by atoms with Crippen molar-refractivity contribution in [2.45, 2.75) is 64.3 Å². The van der Waals surface area contributed by atoms with Crippen molar-refractivity contribution in [1.82, 2.24) is 4.31 Å². The fourth-order valence-corrected chi connectivity index (χ4v) is 4.44. The van der Waals surface area contributed by atoms with Gasteiger partial charge in [-0.3, -0.25) is 0 Å². The number of hydrogen-bond acceptors (Lipinski definition) is 2. The highest BCUT2D eigenvalue weighted by atomic mass is 32.2. The monoisotopic (exact) mass is 333 g/mol. The molecule has 0 bridgehead atoms. The fourth-order valence-electron chi connectivity index (χ4n) is 2.46. The first-order valence-electron chi connectivity index (χ1n) is 7.37. The fraction of sp³-hybridized carbons (Fsp3) is 0.625. The molecule has 22 heavy (non-hydrogen) atoms. The van der Waals surface area contributed by atoms with Crippen LogP contribution >= 0.6 is 0 Å². The van der Waals surface area contributed by atoms with E-state index in [1.165, 1.54) is 16.4 Å². The molecule has 1 aromatic carbocycles. The molecule has 0 saturated carbocycles. The Morgan fingerprint density at radius 2 is 1.73 bits per heavy atom. The highest BCUT2D eigenvalue weighted by molar-refractivity contribution is 7.89. The van der Waals surface area contributed by atoms with Crippen LogP contribution in [-0.2, 0) is 10.0 Å². The number of nitrogens with zero attached hydrogens (tertiary/aromatic N) is 1. The molecule has 0 atom stereocenters. The number of rotatable bonds is 5. The standard InChI is InChI=1S/C16H25F2NO2S/c1-7-19(16(4,5)6)22(20,21)14-9-8-12(11(2)3)10-13(14)15(17)18/h8-11,15H,7H2,1-6H3. The van der Waals surface area contributed by atoms with Crippen LogP contribution in [0.25, 0.3) is 0 Å². The van der Waals surface area contributed by atoms with Gasteiger partial charge in [0.25, 0.3) is 6.43 Å². The van der Waals surface area contributed by atoms with Crippen LogP contribution in [0.15, 0.2) is 23.1 Å². The molecule has 1 aromatic rings. The van der Waals surface area contributed by atoms with Gasteiger partial charge in [-0.2, -0.15) is 4.31 Å². The summed E-state index contributed by atoms with van der Waals surface area (Å²) in [4.78, 5) is -0.302. The molecule has 0 unspecified atom stereocenters. The summed E-state index contributed by atoms with van der Waals surface area (Å²) in [6.07, 6.45) is -2.83. The Hall–Kier alpha value is -1.01. The third-order valence-corrected chi connectivity index (χ3v) is 5.85. The number of hydrogen-bond donors (Lipinski definition) is 0. The molecule has 0 amide bonds. The molecule has 3 nitrogen and oxygen atoms in total. The minimum Gasteiger partial charge on any atom is -0.207 e. The first kappa shape index (κ1) is 19.0. The van der Waals surface area contributed by atoms with E-state index in [-0.39, 0.29) is 17.4 Å². The second-order valence-electron chi connectivity index (χ2n) is 6.59. The summed E-state index contributed by atoms with van der Waals surface area (Å²) in [5.41, 5.74) is -0.397. The number of sulfonamides is 1. The first-order valence-corrected chi connectivity index (χ1v) is 8.81. The maximum Gasteiger partial charge on any atom is 0.265 e. The van der Waals surface area contributed by atoms with E-state index < -0.39 is 27.6 Å². The molecule has 0 spiro atoms. The Labute approximate surface area is 132 Å². The van der Waals surface area contributed by atoms with E-state index in [1.807, 2.05) is 13.8 Å². The van der Waals surface area contributed by atoms with E-state index in [0.717, 1.165) is 0 Å². The maximum atomic E-state index is 13.4. The zero-order chi connectivity index (χ0) is 17.3. The first-order chi connectivity index (χ1) is 9.92. The molecule has 0 aromatic heterocycles. The van der Waals surface area contributed by atoms with E-state index in [4.69, 9.17) is 0 Å². The van der Waals surface area contributed by atoms with Gasteiger partial charge in [-0.15, -0.1) is 0 Å². The lowest BCUT2D eigenvalue weighted by molar-refractivity contribution is 0.147. The van der Waals surface area contributed by atoms with Crippen LogP contribution in [0.1, 0.15) is 65.0 Å². The second kappa shape index (κ2) is 6.62. The number of benzene rings is 1. The molecule has 1 rings (SSSR count). The van der Waals surface area contributed by atoms with Crippen molar-refractivity contribution >= 4 is 10.0 Å². The molecule has 0 saturated heterocycles. The van der Waals surface area contributed by atoms with Crippen molar-refractivity contribution in [3.8, 4) is 0 Å². The molecule has 0 aliphatic heterocycles. The molecule has 0 aliphatic carbocycles. The number of alkyl halides is 2. The highest BCUT2D eigenvalue weighted by Gasteiger charge is 2.35. The molecule has 0 aliphatic rings. The van der Waals surface area contributed by atoms with E-state index >= 15 is 0 Å². The van der Waals surface area contributed by atoms with E-state index in [1.54, 1.807) is 33.8 Å². The molecular formula is C16H25F2NO2S. The predicted molar refractivity (Wildman–Crippen MR) is 84.8 cm³/mol. The molecule has 126 valence electrons. The Morgan fingerprint density at radius 3 is 2.09 bits per heavy atom. The van der Waals surface area contributed by atoms with E-state index in [9.17, 15) is 17.2 Å². The largest absolute Gasteiger partial charge is 0.265 e. The van der Waals surface area contributed by atoms with Gasteiger partial charge >= 0.3 is 0 Å². The van der Waals surface area contributed by atoms with Gasteiger partial charge in [-0.1, -0.05) is 26.8 Å². The van der Waals surface area contributed by atoms with Crippen LogP contribution in [0.4, 0.5) is 8.78 Å². The minimum absolute atomic E-state index is 0.0548. The summed E-state index contributed by atoms with van der Waals surface area (Å²) < 4.78 is 53.6. The Morgan fingerprint density at radius 1 is 1.18 bits per heavy atom. The van der Waals surface area contributed by atoms with E-state index in [0.29, 0.717) is 5.56 Å². The molecule has 0 N–H and O–H groups in total. The van der Waals surface area contributed by atoms with Crippen LogP contribution in [0.2, 0.25) is 0 Å². The lowest BCUT2D eigenvalue weighted by Crippen LogP contribution is -2.45. The van der Waals surface area contributed by atoms with Gasteiger partial charge in [0, 0.05) is 17.6 Å². The van der Waals surface area contributed by atoms with Gasteiger partial charge < -0.3 is 0 Å². The Bertz CT molecular complexity index is 620. The maximum absolute atomic E-state index is 13.4. The number of halogens is 2. The summed E-state index contributed by atoms with van der Waals surface area (Å²) in [7, 11) is -3.97. The molecule has 0 heterocycles. The normalized spacial score (nSPS) is 13.4. The molecular weight excluding hydrogens is 308 g/mol. The van der Waals surface area contributed by atoms with Crippen molar-refractivity contribution in [2.24, 2.45) is 0 Å². The third-order valence-electron chi connectivity index (χ3n) is 3.54. The lowest BCUT2D eigenvalue weighted by Gasteiger charge is -2.34. The lowest BCUT2D eigenvalue weighted by atomic mass is 10.0. The minimum atomic E-state index is -3.97. The van der Waals surface area contributed by atoms with Crippen LogP contribution in [0, 0.1) is 0 Å². The van der Waals surface area contributed by atoms with Crippen LogP contribution in [0.5, 0.6) is 0 Å². The summed E-state index contributed by atoms with van der Waals surface area (Å²) in [5, 5.41) is 0. The molecule has 0 fully saturated rings. The average Bonchev–Trinajstić information content (AvgIpc) is 2.36. The van der Waals surface area contributed by atoms with Crippen LogP contribution in [0.3, 0.4) is 0 Å². The smallest absolute Gasteiger partial charge is 0.207 e. The summed E-state index contributed by atoms with van der Waals surface area (Å²) in [6, 6.07) is 4.22. The predicted octanol–water partition coefficient (Wildman–Crippen LogP) is 4.56. The Balaban J connectivity index is 3.54. The Kier molecular flexibility index (Phi) is 5.73. The van der Waals surface area contributed by atoms with Crippen molar-refractivity contribution in [1.29, 1.82) is 0 Å². The van der Waals surface area contributed by atoms with Crippen molar-refractivity contribution in [3.05, 3.63) is 29.3 Å². The summed E-state index contributed by atoms with van der Waals surface area (Å²) in [6.45, 7) is 10.9. The van der Waals surface area contributed by atoms with Gasteiger partial charge in [-0.25, -0.2) is 17.2 Å². The van der Waals surface area contributed by atoms with Crippen LogP contribution in [-0.4, -0.2) is 24.8 Å². The second-order valence-corrected chi connectivity index (χ2v) is 8.42. The van der Waals surface area contributed by atoms with E-state index in [2.05, 4.69) is 0 Å². The highest BCUT2D eigenvalue weighted by Crippen LogP contribution is 2.33. The third kappa shape index (κ3) is 3.84. The zero-order valence-corrected chi connectivity index (χ0v) is 14.8. The van der Waals surface area contributed by atoms with Gasteiger partial charge in [0.1, 0.15) is 0 Å². The van der Waals surface area contributed by atoms with Gasteiger partial charge in [0.15, 0.2) is 0 Å². The summed E-state index contributed by atoms with van der Waals surface area (Å²) >= 11 is 0. The van der Waals surface area contributed by atoms with Crippen molar-refractivity contribution < 1.29 is 17.2 Å². The average molecular weight is 333 g/mol. The molecule has 0 radical (unpaired) electrons. The van der Waals surface area contributed by atoms with Crippen LogP contribution < -0.4 is 0 Å². The summed E-state index contributed by atoms with van der Waals surface area (Å²) in [5.74, 6) is 0.0548. The molecule has 6 heteroatoms. The topological polar surface area (TPSA) is 37.4 Å². The van der Waals surface area contributed by atoms with Gasteiger partial charge in [0.2, 0.25) is 10.0 Å². The van der Waals surface area contributed by atoms with Crippen molar-refractivity contribution in [2.75, 3.05) is 6.54 Å². The quantitative estimate of drug-likeness (QED) is 0.792. The van der Waals surface area contributed by atoms with Gasteiger partial charge in [-0.05, 0) is 44.4 Å². The van der Waals surface area contributed by atoms with Crippen molar-refractivity contribution in [3.63, 3.8) is 0 Å². The van der Waals surface area contributed by atoms with Gasteiger partial charge in [0.05, 0.1) is 4.90 Å². The SMILES string of the molecule is CCN(C(C)(C)C)S(=O)(=O)c1ccc(C(C)C)cc1C(F)F. The zero-order valence-electron chi connectivity index (χ0n) is 14.0.